The lowest BCUT2D eigenvalue weighted by atomic mass is 9.90. The number of unbranched alkanes of at least 4 members (excludes halogenated alkanes) is 4. The lowest BCUT2D eigenvalue weighted by Gasteiger charge is -2.29. The van der Waals surface area contributed by atoms with Crippen LogP contribution in [0.5, 0.6) is 0 Å². The van der Waals surface area contributed by atoms with E-state index in [0.717, 1.165) is 19.3 Å². The van der Waals surface area contributed by atoms with Gasteiger partial charge in [-0.1, -0.05) is 52.4 Å². The predicted molar refractivity (Wildman–Crippen MR) is 75.8 cm³/mol. The van der Waals surface area contributed by atoms with Crippen molar-refractivity contribution in [3.8, 4) is 0 Å². The maximum atomic E-state index is 12.2. The highest BCUT2D eigenvalue weighted by Gasteiger charge is 2.49. The average Bonchev–Trinajstić information content (AvgIpc) is 2.51. The SMILES string of the molecule is CCCCCC1(C)CC(=O)C(C)(CCCCC)O1. The summed E-state index contributed by atoms with van der Waals surface area (Å²) in [6, 6.07) is 0. The first-order chi connectivity index (χ1) is 8.46. The second-order valence-electron chi connectivity index (χ2n) is 6.30. The Morgan fingerprint density at radius 2 is 1.56 bits per heavy atom. The molecule has 0 saturated carbocycles. The number of carbonyl (C=O) groups excluding carboxylic acids is 1. The van der Waals surface area contributed by atoms with Crippen molar-refractivity contribution < 1.29 is 9.53 Å². The second kappa shape index (κ2) is 6.70. The highest BCUT2D eigenvalue weighted by Crippen LogP contribution is 2.40. The molecule has 1 saturated heterocycles. The molecule has 1 heterocycles. The molecule has 0 aromatic rings. The van der Waals surface area contributed by atoms with Crippen LogP contribution < -0.4 is 0 Å². The molecule has 0 aromatic heterocycles. The molecule has 106 valence electrons. The van der Waals surface area contributed by atoms with Gasteiger partial charge in [-0.05, 0) is 26.7 Å². The Labute approximate surface area is 112 Å². The van der Waals surface area contributed by atoms with Crippen LogP contribution in [0.15, 0.2) is 0 Å². The van der Waals surface area contributed by atoms with E-state index in [0.29, 0.717) is 12.2 Å². The van der Waals surface area contributed by atoms with Crippen molar-refractivity contribution in [2.45, 2.75) is 96.7 Å². The standard InChI is InChI=1S/C16H30O2/c1-5-7-9-11-15(3)13-14(17)16(4,18-15)12-10-8-6-2/h5-13H2,1-4H3. The number of ether oxygens (including phenoxy) is 1. The minimum absolute atomic E-state index is 0.201. The van der Waals surface area contributed by atoms with E-state index < -0.39 is 5.60 Å². The van der Waals surface area contributed by atoms with E-state index in [1.54, 1.807) is 0 Å². The zero-order chi connectivity index (χ0) is 13.6. The highest BCUT2D eigenvalue weighted by atomic mass is 16.5. The van der Waals surface area contributed by atoms with E-state index in [1.807, 2.05) is 6.92 Å². The molecule has 0 aromatic carbocycles. The summed E-state index contributed by atoms with van der Waals surface area (Å²) >= 11 is 0. The molecule has 2 atom stereocenters. The molecule has 1 aliphatic heterocycles. The summed E-state index contributed by atoms with van der Waals surface area (Å²) in [6.07, 6.45) is 9.64. The largest absolute Gasteiger partial charge is 0.361 e. The monoisotopic (exact) mass is 254 g/mol. The van der Waals surface area contributed by atoms with Crippen molar-refractivity contribution in [2.75, 3.05) is 0 Å². The zero-order valence-corrected chi connectivity index (χ0v) is 12.7. The van der Waals surface area contributed by atoms with Gasteiger partial charge in [0.1, 0.15) is 5.60 Å². The van der Waals surface area contributed by atoms with Gasteiger partial charge in [-0.2, -0.15) is 0 Å². The van der Waals surface area contributed by atoms with Crippen LogP contribution in [0, 0.1) is 0 Å². The minimum Gasteiger partial charge on any atom is -0.361 e. The van der Waals surface area contributed by atoms with Crippen LogP contribution >= 0.6 is 0 Å². The Balaban J connectivity index is 2.50. The second-order valence-corrected chi connectivity index (χ2v) is 6.30. The molecule has 2 nitrogen and oxygen atoms in total. The van der Waals surface area contributed by atoms with Gasteiger partial charge in [-0.25, -0.2) is 0 Å². The minimum atomic E-state index is -0.504. The number of hydrogen-bond donors (Lipinski definition) is 0. The van der Waals surface area contributed by atoms with Crippen molar-refractivity contribution in [3.05, 3.63) is 0 Å². The smallest absolute Gasteiger partial charge is 0.167 e. The van der Waals surface area contributed by atoms with Crippen molar-refractivity contribution >= 4 is 5.78 Å². The number of rotatable bonds is 8. The lowest BCUT2D eigenvalue weighted by molar-refractivity contribution is -0.138. The number of carbonyl (C=O) groups is 1. The Morgan fingerprint density at radius 3 is 2.11 bits per heavy atom. The molecular formula is C16H30O2. The first kappa shape index (κ1) is 15.7. The summed E-state index contributed by atoms with van der Waals surface area (Å²) in [7, 11) is 0. The van der Waals surface area contributed by atoms with Crippen molar-refractivity contribution in [1.29, 1.82) is 0 Å². The fourth-order valence-corrected chi connectivity index (χ4v) is 2.95. The van der Waals surface area contributed by atoms with Gasteiger partial charge in [0.2, 0.25) is 0 Å². The summed E-state index contributed by atoms with van der Waals surface area (Å²) in [6.45, 7) is 8.51. The van der Waals surface area contributed by atoms with Crippen LogP contribution in [0.3, 0.4) is 0 Å². The Bertz CT molecular complexity index is 274. The third kappa shape index (κ3) is 4.08. The fourth-order valence-electron chi connectivity index (χ4n) is 2.95. The van der Waals surface area contributed by atoms with E-state index in [2.05, 4.69) is 20.8 Å². The summed E-state index contributed by atoms with van der Waals surface area (Å²) in [5.41, 5.74) is -0.705. The summed E-state index contributed by atoms with van der Waals surface area (Å²) in [5.74, 6) is 0.317. The Morgan fingerprint density at radius 1 is 1.00 bits per heavy atom. The van der Waals surface area contributed by atoms with Gasteiger partial charge in [0, 0.05) is 6.42 Å². The summed E-state index contributed by atoms with van der Waals surface area (Å²) < 4.78 is 6.19. The molecule has 1 rings (SSSR count). The van der Waals surface area contributed by atoms with Crippen LogP contribution in [-0.4, -0.2) is 17.0 Å². The van der Waals surface area contributed by atoms with Crippen molar-refractivity contribution in [2.24, 2.45) is 0 Å². The van der Waals surface area contributed by atoms with Crippen LogP contribution in [0.25, 0.3) is 0 Å². The maximum absolute atomic E-state index is 12.2. The van der Waals surface area contributed by atoms with Gasteiger partial charge < -0.3 is 4.74 Å². The van der Waals surface area contributed by atoms with Gasteiger partial charge in [0.05, 0.1) is 5.60 Å². The molecule has 0 amide bonds. The molecule has 1 fully saturated rings. The molecular weight excluding hydrogens is 224 g/mol. The molecule has 0 aliphatic carbocycles. The van der Waals surface area contributed by atoms with Gasteiger partial charge in [0.25, 0.3) is 0 Å². The third-order valence-electron chi connectivity index (χ3n) is 4.16. The van der Waals surface area contributed by atoms with E-state index in [4.69, 9.17) is 4.74 Å². The molecule has 2 unspecified atom stereocenters. The molecule has 0 bridgehead atoms. The van der Waals surface area contributed by atoms with E-state index in [1.165, 1.54) is 32.1 Å². The fraction of sp³-hybridized carbons (Fsp3) is 0.938. The molecule has 0 N–H and O–H groups in total. The molecule has 2 heteroatoms. The normalized spacial score (nSPS) is 32.1. The van der Waals surface area contributed by atoms with Gasteiger partial charge in [0.15, 0.2) is 5.78 Å². The molecule has 18 heavy (non-hydrogen) atoms. The highest BCUT2D eigenvalue weighted by molar-refractivity contribution is 5.89. The molecule has 1 aliphatic rings. The predicted octanol–water partition coefficient (Wildman–Crippen LogP) is 4.65. The third-order valence-corrected chi connectivity index (χ3v) is 4.16. The van der Waals surface area contributed by atoms with Crippen LogP contribution in [0.1, 0.15) is 85.5 Å². The summed E-state index contributed by atoms with van der Waals surface area (Å²) in [4.78, 5) is 12.2. The Kier molecular flexibility index (Phi) is 5.84. The topological polar surface area (TPSA) is 26.3 Å². The zero-order valence-electron chi connectivity index (χ0n) is 12.7. The summed E-state index contributed by atoms with van der Waals surface area (Å²) in [5, 5.41) is 0. The number of Topliss-reactive ketones (excluding diaryl/α,β-unsaturated/α-hetero) is 1. The quantitative estimate of drug-likeness (QED) is 0.589. The van der Waals surface area contributed by atoms with Crippen molar-refractivity contribution in [3.63, 3.8) is 0 Å². The van der Waals surface area contributed by atoms with E-state index in [-0.39, 0.29) is 5.60 Å². The van der Waals surface area contributed by atoms with E-state index in [9.17, 15) is 4.79 Å². The van der Waals surface area contributed by atoms with Gasteiger partial charge in [-0.3, -0.25) is 4.79 Å². The average molecular weight is 254 g/mol. The first-order valence-electron chi connectivity index (χ1n) is 7.69. The van der Waals surface area contributed by atoms with Crippen LogP contribution in [-0.2, 0) is 9.53 Å². The lowest BCUT2D eigenvalue weighted by Crippen LogP contribution is -2.34. The number of ketones is 1. The first-order valence-corrected chi connectivity index (χ1v) is 7.69. The van der Waals surface area contributed by atoms with Crippen LogP contribution in [0.4, 0.5) is 0 Å². The molecule has 0 spiro atoms. The molecule has 0 radical (unpaired) electrons. The van der Waals surface area contributed by atoms with Crippen molar-refractivity contribution in [1.82, 2.24) is 0 Å². The number of hydrogen-bond acceptors (Lipinski definition) is 2. The van der Waals surface area contributed by atoms with Gasteiger partial charge in [-0.15, -0.1) is 0 Å². The van der Waals surface area contributed by atoms with Gasteiger partial charge >= 0.3 is 0 Å². The Hall–Kier alpha value is -0.370. The maximum Gasteiger partial charge on any atom is 0.167 e. The van der Waals surface area contributed by atoms with E-state index >= 15 is 0 Å². The van der Waals surface area contributed by atoms with Crippen LogP contribution in [0.2, 0.25) is 0 Å².